The lowest BCUT2D eigenvalue weighted by Crippen LogP contribution is -2.43. The fraction of sp³-hybridized carbons (Fsp3) is 0.111. The van der Waals surface area contributed by atoms with Crippen LogP contribution in [0, 0.1) is 29.3 Å². The number of amides is 2. The largest absolute Gasteiger partial charge is 0.287 e. The summed E-state index contributed by atoms with van der Waals surface area (Å²) >= 11 is 0.250. The molecule has 0 saturated carbocycles. The normalized spacial score (nSPS) is 19.1. The van der Waals surface area contributed by atoms with Gasteiger partial charge in [-0.25, -0.2) is 21.6 Å². The monoisotopic (exact) mass is 425 g/mol. The number of carbonyl (C=O) groups excluding carboxylic acids is 2. The SMILES string of the molecule is O=C1NC(=O)C(CC#Cc2ccc(F)c(F)c2)(S(=O)(=O)c2ccc(F)cc2)S1. The molecule has 1 unspecified atom stereocenters. The highest BCUT2D eigenvalue weighted by Gasteiger charge is 2.58. The minimum atomic E-state index is -4.44. The summed E-state index contributed by atoms with van der Waals surface area (Å²) in [5.41, 5.74) is 0.0583. The Morgan fingerprint density at radius 1 is 1.00 bits per heavy atom. The number of halogens is 3. The fourth-order valence-electron chi connectivity index (χ4n) is 2.44. The van der Waals surface area contributed by atoms with E-state index in [0.717, 1.165) is 36.4 Å². The van der Waals surface area contributed by atoms with Gasteiger partial charge in [-0.3, -0.25) is 14.9 Å². The van der Waals surface area contributed by atoms with Crippen LogP contribution < -0.4 is 5.32 Å². The third-order valence-electron chi connectivity index (χ3n) is 3.85. The number of sulfone groups is 1. The molecule has 3 rings (SSSR count). The molecule has 0 radical (unpaired) electrons. The Bertz CT molecular complexity index is 1140. The maximum absolute atomic E-state index is 13.3. The highest BCUT2D eigenvalue weighted by molar-refractivity contribution is 8.25. The molecule has 0 spiro atoms. The summed E-state index contributed by atoms with van der Waals surface area (Å²) < 4.78 is 63.1. The smallest absolute Gasteiger partial charge is 0.285 e. The average molecular weight is 425 g/mol. The summed E-state index contributed by atoms with van der Waals surface area (Å²) in [5, 5.41) is 1.04. The van der Waals surface area contributed by atoms with Crippen LogP contribution in [-0.2, 0) is 14.6 Å². The molecule has 1 N–H and O–H groups in total. The Morgan fingerprint density at radius 2 is 1.68 bits per heavy atom. The van der Waals surface area contributed by atoms with Crippen molar-refractivity contribution in [2.24, 2.45) is 0 Å². The standard InChI is InChI=1S/C18H10F3NO4S2/c19-12-4-6-13(7-5-12)28(25,26)18(16(23)22-17(24)27-18)9-1-2-11-3-8-14(20)15(21)10-11/h3-8,10H,9H2,(H,22,23,24). The van der Waals surface area contributed by atoms with E-state index in [9.17, 15) is 31.2 Å². The van der Waals surface area contributed by atoms with Crippen LogP contribution in [0.15, 0.2) is 47.4 Å². The molecule has 10 heteroatoms. The predicted octanol–water partition coefficient (Wildman–Crippen LogP) is 3.00. The van der Waals surface area contributed by atoms with Crippen LogP contribution >= 0.6 is 11.8 Å². The van der Waals surface area contributed by atoms with E-state index in [-0.39, 0.29) is 22.2 Å². The number of hydrogen-bond donors (Lipinski definition) is 1. The van der Waals surface area contributed by atoms with E-state index in [1.807, 2.05) is 5.32 Å². The Kier molecular flexibility index (Phi) is 5.23. The molecule has 0 bridgehead atoms. The Labute approximate surface area is 162 Å². The molecule has 0 aliphatic carbocycles. The van der Waals surface area contributed by atoms with Gasteiger partial charge in [-0.05, 0) is 54.2 Å². The summed E-state index contributed by atoms with van der Waals surface area (Å²) in [5.74, 6) is 0.930. The first kappa shape index (κ1) is 20.0. The van der Waals surface area contributed by atoms with Gasteiger partial charge >= 0.3 is 0 Å². The molecule has 1 saturated heterocycles. The lowest BCUT2D eigenvalue weighted by atomic mass is 10.2. The molecule has 144 valence electrons. The van der Waals surface area contributed by atoms with Crippen LogP contribution in [0.1, 0.15) is 12.0 Å². The fourth-order valence-corrected chi connectivity index (χ4v) is 5.56. The van der Waals surface area contributed by atoms with Crippen LogP contribution in [-0.4, -0.2) is 23.6 Å². The van der Waals surface area contributed by atoms with Crippen molar-refractivity contribution in [1.29, 1.82) is 0 Å². The summed E-state index contributed by atoms with van der Waals surface area (Å²) in [6.07, 6.45) is -0.603. The van der Waals surface area contributed by atoms with Crippen molar-refractivity contribution in [2.45, 2.75) is 15.4 Å². The summed E-state index contributed by atoms with van der Waals surface area (Å²) in [6.45, 7) is 0. The molecule has 0 aromatic heterocycles. The molecule has 2 amide bonds. The topological polar surface area (TPSA) is 80.3 Å². The van der Waals surface area contributed by atoms with Crippen molar-refractivity contribution < 1.29 is 31.2 Å². The molecule has 28 heavy (non-hydrogen) atoms. The molecule has 1 heterocycles. The van der Waals surface area contributed by atoms with Crippen LogP contribution in [0.4, 0.5) is 18.0 Å². The molecular weight excluding hydrogens is 415 g/mol. The Morgan fingerprint density at radius 3 is 2.25 bits per heavy atom. The number of benzene rings is 2. The van der Waals surface area contributed by atoms with E-state index in [2.05, 4.69) is 11.8 Å². The van der Waals surface area contributed by atoms with Gasteiger partial charge in [-0.15, -0.1) is 0 Å². The third kappa shape index (κ3) is 3.50. The zero-order chi connectivity index (χ0) is 20.5. The van der Waals surface area contributed by atoms with Gasteiger partial charge in [0.05, 0.1) is 4.90 Å². The first-order valence-corrected chi connectivity index (χ1v) is 9.94. The quantitative estimate of drug-likeness (QED) is 0.604. The number of thioether (sulfide) groups is 1. The Balaban J connectivity index is 2.01. The van der Waals surface area contributed by atoms with E-state index in [1.54, 1.807) is 0 Å². The van der Waals surface area contributed by atoms with E-state index >= 15 is 0 Å². The van der Waals surface area contributed by atoms with Crippen LogP contribution in [0.5, 0.6) is 0 Å². The van der Waals surface area contributed by atoms with Gasteiger partial charge in [0.2, 0.25) is 13.9 Å². The first-order chi connectivity index (χ1) is 13.2. The van der Waals surface area contributed by atoms with Crippen molar-refractivity contribution in [3.8, 4) is 11.8 Å². The van der Waals surface area contributed by atoms with E-state index in [1.165, 1.54) is 6.07 Å². The van der Waals surface area contributed by atoms with Gasteiger partial charge in [-0.2, -0.15) is 0 Å². The molecule has 2 aromatic rings. The van der Waals surface area contributed by atoms with Gasteiger partial charge in [0.15, 0.2) is 11.6 Å². The summed E-state index contributed by atoms with van der Waals surface area (Å²) in [7, 11) is -4.44. The Hall–Kier alpha value is -2.77. The second-order valence-electron chi connectivity index (χ2n) is 5.66. The molecule has 1 aliphatic heterocycles. The van der Waals surface area contributed by atoms with Gasteiger partial charge in [0.25, 0.3) is 11.1 Å². The first-order valence-electron chi connectivity index (χ1n) is 7.64. The highest BCUT2D eigenvalue weighted by Crippen LogP contribution is 2.43. The third-order valence-corrected chi connectivity index (χ3v) is 7.80. The molecule has 1 atom stereocenters. The molecular formula is C18H10F3NO4S2. The zero-order valence-electron chi connectivity index (χ0n) is 13.8. The molecule has 2 aromatic carbocycles. The van der Waals surface area contributed by atoms with Gasteiger partial charge in [0, 0.05) is 12.0 Å². The highest BCUT2D eigenvalue weighted by atomic mass is 32.3. The molecule has 1 fully saturated rings. The molecule has 1 aliphatic rings. The minimum absolute atomic E-state index is 0.0583. The van der Waals surface area contributed by atoms with E-state index in [0.29, 0.717) is 0 Å². The summed E-state index contributed by atoms with van der Waals surface area (Å²) in [6, 6.07) is 6.62. The maximum Gasteiger partial charge on any atom is 0.287 e. The van der Waals surface area contributed by atoms with Crippen LogP contribution in [0.2, 0.25) is 0 Å². The maximum atomic E-state index is 13.3. The van der Waals surface area contributed by atoms with Crippen molar-refractivity contribution in [3.05, 3.63) is 65.5 Å². The van der Waals surface area contributed by atoms with Crippen molar-refractivity contribution in [1.82, 2.24) is 5.32 Å². The molecule has 5 nitrogen and oxygen atoms in total. The van der Waals surface area contributed by atoms with Crippen molar-refractivity contribution >= 4 is 32.7 Å². The van der Waals surface area contributed by atoms with Crippen molar-refractivity contribution in [3.63, 3.8) is 0 Å². The lowest BCUT2D eigenvalue weighted by molar-refractivity contribution is -0.119. The predicted molar refractivity (Wildman–Crippen MR) is 95.3 cm³/mol. The summed E-state index contributed by atoms with van der Waals surface area (Å²) in [4.78, 5) is 23.7. The second kappa shape index (κ2) is 7.33. The lowest BCUT2D eigenvalue weighted by Gasteiger charge is -2.22. The zero-order valence-corrected chi connectivity index (χ0v) is 15.5. The number of nitrogens with one attached hydrogen (secondary N) is 1. The van der Waals surface area contributed by atoms with Gasteiger partial charge in [-0.1, -0.05) is 11.8 Å². The van der Waals surface area contributed by atoms with E-state index in [4.69, 9.17) is 0 Å². The average Bonchev–Trinajstić information content (AvgIpc) is 2.93. The number of rotatable bonds is 3. The van der Waals surface area contributed by atoms with Crippen LogP contribution in [0.25, 0.3) is 0 Å². The van der Waals surface area contributed by atoms with Gasteiger partial charge < -0.3 is 0 Å². The number of carbonyl (C=O) groups is 2. The van der Waals surface area contributed by atoms with Crippen molar-refractivity contribution in [2.75, 3.05) is 0 Å². The second-order valence-corrected chi connectivity index (χ2v) is 9.37. The number of hydrogen-bond acceptors (Lipinski definition) is 5. The number of imide groups is 1. The van der Waals surface area contributed by atoms with Gasteiger partial charge in [0.1, 0.15) is 5.82 Å². The minimum Gasteiger partial charge on any atom is -0.285 e. The van der Waals surface area contributed by atoms with E-state index < -0.39 is 48.9 Å². The van der Waals surface area contributed by atoms with Crippen LogP contribution in [0.3, 0.4) is 0 Å².